The van der Waals surface area contributed by atoms with E-state index in [1.54, 1.807) is 6.26 Å². The Morgan fingerprint density at radius 1 is 1.50 bits per heavy atom. The van der Waals surface area contributed by atoms with Crippen molar-refractivity contribution in [3.63, 3.8) is 0 Å². The first-order valence-electron chi connectivity index (χ1n) is 6.14. The number of carbonyl (C=O) groups excluding carboxylic acids is 1. The maximum atomic E-state index is 12.1. The first kappa shape index (κ1) is 15.5. The molecule has 1 heterocycles. The van der Waals surface area contributed by atoms with Crippen molar-refractivity contribution in [2.24, 2.45) is 5.92 Å². The highest BCUT2D eigenvalue weighted by molar-refractivity contribution is 7.99. The summed E-state index contributed by atoms with van der Waals surface area (Å²) >= 11 is 2.50. The topological polar surface area (TPSA) is 55.1 Å². The molecule has 0 aliphatic heterocycles. The highest BCUT2D eigenvalue weighted by atomic mass is 32.2. The van der Waals surface area contributed by atoms with Crippen LogP contribution in [0.1, 0.15) is 28.9 Å². The number of thiophene rings is 1. The van der Waals surface area contributed by atoms with E-state index in [1.165, 1.54) is 11.8 Å². The van der Waals surface area contributed by atoms with Crippen molar-refractivity contribution >= 4 is 39.6 Å². The molecular weight excluding hydrogens is 309 g/mol. The standard InChI is InChI=1S/C12H15F3N2OS2/c1-19-10-7(16)9(8(18)6-2-3-6)20-11(10)17-5-4-12(13,14)15/h6,17H,2-5,16H2,1H3. The predicted octanol–water partition coefficient (Wildman–Crippen LogP) is 4.01. The molecule has 0 bridgehead atoms. The summed E-state index contributed by atoms with van der Waals surface area (Å²) in [6, 6.07) is 0. The molecular formula is C12H15F3N2OS2. The first-order valence-corrected chi connectivity index (χ1v) is 8.18. The van der Waals surface area contributed by atoms with Crippen LogP contribution in [0, 0.1) is 5.92 Å². The van der Waals surface area contributed by atoms with E-state index in [2.05, 4.69) is 5.32 Å². The minimum atomic E-state index is -4.19. The van der Waals surface area contributed by atoms with Crippen LogP contribution in [0.3, 0.4) is 0 Å². The summed E-state index contributed by atoms with van der Waals surface area (Å²) in [6.07, 6.45) is -1.56. The van der Waals surface area contributed by atoms with Gasteiger partial charge in [-0.15, -0.1) is 23.1 Å². The number of nitrogens with two attached hydrogens (primary N) is 1. The van der Waals surface area contributed by atoms with Crippen LogP contribution in [0.2, 0.25) is 0 Å². The van der Waals surface area contributed by atoms with Crippen LogP contribution in [0.4, 0.5) is 23.9 Å². The molecule has 0 radical (unpaired) electrons. The number of hydrogen-bond acceptors (Lipinski definition) is 5. The molecule has 1 saturated carbocycles. The third kappa shape index (κ3) is 3.60. The molecule has 0 aromatic carbocycles. The van der Waals surface area contributed by atoms with Crippen LogP contribution in [0.25, 0.3) is 0 Å². The smallest absolute Gasteiger partial charge is 0.390 e. The molecule has 0 atom stereocenters. The quantitative estimate of drug-likeness (QED) is 0.613. The van der Waals surface area contributed by atoms with Crippen molar-refractivity contribution in [1.82, 2.24) is 0 Å². The molecule has 1 aromatic heterocycles. The number of alkyl halides is 3. The fourth-order valence-corrected chi connectivity index (χ4v) is 3.86. The molecule has 1 aliphatic carbocycles. The Balaban J connectivity index is 2.11. The maximum absolute atomic E-state index is 12.1. The van der Waals surface area contributed by atoms with Crippen LogP contribution in [0.5, 0.6) is 0 Å². The number of ketones is 1. The Morgan fingerprint density at radius 2 is 2.15 bits per heavy atom. The van der Waals surface area contributed by atoms with Crippen molar-refractivity contribution in [2.45, 2.75) is 30.3 Å². The largest absolute Gasteiger partial charge is 0.396 e. The monoisotopic (exact) mass is 324 g/mol. The van der Waals surface area contributed by atoms with Gasteiger partial charge in [0.2, 0.25) is 0 Å². The van der Waals surface area contributed by atoms with Gasteiger partial charge in [-0.1, -0.05) is 0 Å². The maximum Gasteiger partial charge on any atom is 0.390 e. The number of nitrogen functional groups attached to an aromatic ring is 1. The SMILES string of the molecule is CSc1c(NCCC(F)(F)F)sc(C(=O)C2CC2)c1N. The van der Waals surface area contributed by atoms with Crippen LogP contribution in [0.15, 0.2) is 4.90 Å². The lowest BCUT2D eigenvalue weighted by Gasteiger charge is -2.08. The van der Waals surface area contributed by atoms with Gasteiger partial charge in [0.05, 0.1) is 21.9 Å². The summed E-state index contributed by atoms with van der Waals surface area (Å²) in [5.74, 6) is 0.0698. The van der Waals surface area contributed by atoms with E-state index >= 15 is 0 Å². The van der Waals surface area contributed by atoms with Crippen molar-refractivity contribution in [3.05, 3.63) is 4.88 Å². The Bertz CT molecular complexity index is 510. The lowest BCUT2D eigenvalue weighted by Crippen LogP contribution is -2.14. The summed E-state index contributed by atoms with van der Waals surface area (Å²) in [5, 5.41) is 3.30. The zero-order chi connectivity index (χ0) is 14.9. The molecule has 0 saturated heterocycles. The summed E-state index contributed by atoms with van der Waals surface area (Å²) in [6.45, 7) is -0.214. The fraction of sp³-hybridized carbons (Fsp3) is 0.583. The Kier molecular flexibility index (Phi) is 4.53. The summed E-state index contributed by atoms with van der Waals surface area (Å²) in [7, 11) is 0. The summed E-state index contributed by atoms with van der Waals surface area (Å²) in [5.41, 5.74) is 6.34. The van der Waals surface area contributed by atoms with Crippen LogP contribution < -0.4 is 11.1 Å². The van der Waals surface area contributed by atoms with E-state index in [9.17, 15) is 18.0 Å². The van der Waals surface area contributed by atoms with E-state index in [1.807, 2.05) is 0 Å². The number of anilines is 2. The van der Waals surface area contributed by atoms with Gasteiger partial charge in [-0.25, -0.2) is 0 Å². The molecule has 112 valence electrons. The highest BCUT2D eigenvalue weighted by Gasteiger charge is 2.34. The van der Waals surface area contributed by atoms with Gasteiger partial charge in [0.15, 0.2) is 5.78 Å². The zero-order valence-electron chi connectivity index (χ0n) is 10.8. The molecule has 8 heteroatoms. The molecule has 1 aromatic rings. The van der Waals surface area contributed by atoms with Gasteiger partial charge in [0.25, 0.3) is 0 Å². The van der Waals surface area contributed by atoms with E-state index in [0.717, 1.165) is 24.2 Å². The van der Waals surface area contributed by atoms with Gasteiger partial charge >= 0.3 is 6.18 Å². The highest BCUT2D eigenvalue weighted by Crippen LogP contribution is 2.45. The van der Waals surface area contributed by atoms with Gasteiger partial charge in [-0.3, -0.25) is 4.79 Å². The molecule has 0 amide bonds. The Hall–Kier alpha value is -0.890. The lowest BCUT2D eigenvalue weighted by atomic mass is 10.2. The minimum absolute atomic E-state index is 0.0201. The summed E-state index contributed by atoms with van der Waals surface area (Å²) < 4.78 is 36.4. The number of nitrogens with one attached hydrogen (secondary N) is 1. The second-order valence-corrected chi connectivity index (χ2v) is 6.47. The van der Waals surface area contributed by atoms with Crippen molar-refractivity contribution < 1.29 is 18.0 Å². The summed E-state index contributed by atoms with van der Waals surface area (Å²) in [4.78, 5) is 13.2. The number of Topliss-reactive ketones (excluding diaryl/α,β-unsaturated/α-hetero) is 1. The molecule has 1 aliphatic rings. The van der Waals surface area contributed by atoms with Crippen molar-refractivity contribution in [2.75, 3.05) is 23.9 Å². The average molecular weight is 324 g/mol. The van der Waals surface area contributed by atoms with Crippen LogP contribution in [-0.4, -0.2) is 24.8 Å². The minimum Gasteiger partial charge on any atom is -0.396 e. The molecule has 0 unspecified atom stereocenters. The van der Waals surface area contributed by atoms with Crippen molar-refractivity contribution in [1.29, 1.82) is 0 Å². The number of carbonyl (C=O) groups is 1. The van der Waals surface area contributed by atoms with E-state index in [-0.39, 0.29) is 18.2 Å². The third-order valence-electron chi connectivity index (χ3n) is 2.97. The molecule has 0 spiro atoms. The number of thioether (sulfide) groups is 1. The normalized spacial score (nSPS) is 15.4. The van der Waals surface area contributed by atoms with Gasteiger partial charge in [0.1, 0.15) is 5.00 Å². The number of rotatable bonds is 6. The Labute approximate surface area is 123 Å². The van der Waals surface area contributed by atoms with Gasteiger partial charge in [-0.2, -0.15) is 13.2 Å². The molecule has 1 fully saturated rings. The second kappa shape index (κ2) is 5.85. The van der Waals surface area contributed by atoms with Gasteiger partial charge in [0, 0.05) is 12.5 Å². The Morgan fingerprint density at radius 3 is 2.65 bits per heavy atom. The predicted molar refractivity (Wildman–Crippen MR) is 76.7 cm³/mol. The fourth-order valence-electron chi connectivity index (χ4n) is 1.78. The third-order valence-corrected chi connectivity index (χ3v) is 5.11. The van der Waals surface area contributed by atoms with Gasteiger partial charge < -0.3 is 11.1 Å². The zero-order valence-corrected chi connectivity index (χ0v) is 12.5. The van der Waals surface area contributed by atoms with Crippen LogP contribution >= 0.6 is 23.1 Å². The van der Waals surface area contributed by atoms with E-state index in [0.29, 0.717) is 20.5 Å². The van der Waals surface area contributed by atoms with Crippen LogP contribution in [-0.2, 0) is 0 Å². The average Bonchev–Trinajstić information content (AvgIpc) is 3.13. The number of halogens is 3. The van der Waals surface area contributed by atoms with E-state index < -0.39 is 12.6 Å². The molecule has 3 nitrogen and oxygen atoms in total. The number of hydrogen-bond donors (Lipinski definition) is 2. The van der Waals surface area contributed by atoms with E-state index in [4.69, 9.17) is 5.73 Å². The molecule has 20 heavy (non-hydrogen) atoms. The van der Waals surface area contributed by atoms with Gasteiger partial charge in [-0.05, 0) is 19.1 Å². The second-order valence-electron chi connectivity index (χ2n) is 4.64. The van der Waals surface area contributed by atoms with Crippen molar-refractivity contribution in [3.8, 4) is 0 Å². The molecule has 2 rings (SSSR count). The first-order chi connectivity index (χ1) is 9.33. The lowest BCUT2D eigenvalue weighted by molar-refractivity contribution is -0.131. The molecule has 3 N–H and O–H groups in total.